The Hall–Kier alpha value is -2.34. The summed E-state index contributed by atoms with van der Waals surface area (Å²) in [6, 6.07) is 9.32. The topological polar surface area (TPSA) is 78.9 Å². The van der Waals surface area contributed by atoms with E-state index in [2.05, 4.69) is 11.9 Å². The maximum atomic E-state index is 11.8. The van der Waals surface area contributed by atoms with Crippen molar-refractivity contribution in [1.29, 1.82) is 0 Å². The third-order valence-electron chi connectivity index (χ3n) is 3.38. The number of carbonyl (C=O) groups excluding carboxylic acids is 1. The number of hydrogen-bond donors (Lipinski definition) is 2. The van der Waals surface area contributed by atoms with Crippen LogP contribution in [0.2, 0.25) is 0 Å². The van der Waals surface area contributed by atoms with Gasteiger partial charge in [-0.3, -0.25) is 10.1 Å². The molecule has 0 aliphatic carbocycles. The molecule has 6 nitrogen and oxygen atoms in total. The quantitative estimate of drug-likeness (QED) is 0.771. The lowest BCUT2D eigenvalue weighted by Gasteiger charge is -2.46. The monoisotopic (exact) mass is 290 g/mol. The third-order valence-corrected chi connectivity index (χ3v) is 3.38. The smallest absolute Gasteiger partial charge is 0.410 e. The Bertz CT molecular complexity index is 524. The van der Waals surface area contributed by atoms with Crippen LogP contribution < -0.4 is 5.32 Å². The number of hydrogen-bond acceptors (Lipinski definition) is 4. The fraction of sp³-hybridized carbons (Fsp3) is 0.333. The molecule has 0 atom stereocenters. The van der Waals surface area contributed by atoms with E-state index in [1.54, 1.807) is 6.08 Å². The van der Waals surface area contributed by atoms with E-state index in [9.17, 15) is 14.7 Å². The number of amides is 1. The van der Waals surface area contributed by atoms with Gasteiger partial charge in [0.25, 0.3) is 0 Å². The van der Waals surface area contributed by atoms with Crippen molar-refractivity contribution in [2.45, 2.75) is 12.1 Å². The van der Waals surface area contributed by atoms with Crippen LogP contribution in [0.15, 0.2) is 43.0 Å². The molecule has 1 aromatic rings. The Labute approximate surface area is 123 Å². The van der Waals surface area contributed by atoms with Gasteiger partial charge in [0, 0.05) is 6.54 Å². The average Bonchev–Trinajstić information content (AvgIpc) is 2.44. The molecule has 1 amide bonds. The largest absolute Gasteiger partial charge is 0.480 e. The van der Waals surface area contributed by atoms with E-state index >= 15 is 0 Å². The summed E-state index contributed by atoms with van der Waals surface area (Å²) in [5.74, 6) is -0.976. The van der Waals surface area contributed by atoms with Crippen LogP contribution >= 0.6 is 0 Å². The van der Waals surface area contributed by atoms with E-state index in [1.807, 2.05) is 30.3 Å². The van der Waals surface area contributed by atoms with Crippen molar-refractivity contribution in [3.8, 4) is 0 Å². The van der Waals surface area contributed by atoms with Gasteiger partial charge in [0.2, 0.25) is 0 Å². The molecule has 1 heterocycles. The first-order chi connectivity index (χ1) is 10.1. The standard InChI is InChI=1S/C15H18N2O4/c1-2-8-16-15(13(18)19)10-17(11-15)14(20)21-9-12-6-4-3-5-7-12/h2-7,16H,1,8-11H2,(H,18,19). The fourth-order valence-corrected chi connectivity index (χ4v) is 2.14. The van der Waals surface area contributed by atoms with E-state index in [0.29, 0.717) is 6.54 Å². The number of likely N-dealkylation sites (tertiary alicyclic amines) is 1. The van der Waals surface area contributed by atoms with Gasteiger partial charge in [-0.2, -0.15) is 0 Å². The van der Waals surface area contributed by atoms with Gasteiger partial charge < -0.3 is 14.7 Å². The zero-order chi connectivity index (χ0) is 15.3. The highest BCUT2D eigenvalue weighted by atomic mass is 16.6. The van der Waals surface area contributed by atoms with Crippen LogP contribution in [0, 0.1) is 0 Å². The number of nitrogens with one attached hydrogen (secondary N) is 1. The van der Waals surface area contributed by atoms with Gasteiger partial charge in [0.05, 0.1) is 13.1 Å². The number of carboxylic acid groups (broad SMARTS) is 1. The fourth-order valence-electron chi connectivity index (χ4n) is 2.14. The lowest BCUT2D eigenvalue weighted by atomic mass is 9.90. The van der Waals surface area contributed by atoms with Gasteiger partial charge in [0.15, 0.2) is 5.54 Å². The second-order valence-corrected chi connectivity index (χ2v) is 4.95. The van der Waals surface area contributed by atoms with Crippen molar-refractivity contribution in [3.63, 3.8) is 0 Å². The van der Waals surface area contributed by atoms with Gasteiger partial charge in [-0.15, -0.1) is 6.58 Å². The molecule has 112 valence electrons. The van der Waals surface area contributed by atoms with Crippen molar-refractivity contribution < 1.29 is 19.4 Å². The predicted octanol–water partition coefficient (Wildman–Crippen LogP) is 1.24. The number of carboxylic acids is 1. The number of rotatable bonds is 6. The zero-order valence-electron chi connectivity index (χ0n) is 11.6. The predicted molar refractivity (Wildman–Crippen MR) is 76.8 cm³/mol. The molecule has 0 radical (unpaired) electrons. The Morgan fingerprint density at radius 1 is 1.38 bits per heavy atom. The lowest BCUT2D eigenvalue weighted by molar-refractivity contribution is -0.151. The van der Waals surface area contributed by atoms with Crippen LogP contribution in [0.3, 0.4) is 0 Å². The SMILES string of the molecule is C=CCNC1(C(=O)O)CN(C(=O)OCc2ccccc2)C1. The molecule has 2 rings (SSSR count). The molecule has 21 heavy (non-hydrogen) atoms. The Balaban J connectivity index is 1.83. The van der Waals surface area contributed by atoms with Gasteiger partial charge in [-0.05, 0) is 5.56 Å². The molecule has 0 unspecified atom stereocenters. The van der Waals surface area contributed by atoms with Gasteiger partial charge in [-0.1, -0.05) is 36.4 Å². The first-order valence-electron chi connectivity index (χ1n) is 6.62. The molecule has 0 saturated carbocycles. The molecule has 0 aromatic heterocycles. The summed E-state index contributed by atoms with van der Waals surface area (Å²) >= 11 is 0. The summed E-state index contributed by atoms with van der Waals surface area (Å²) < 4.78 is 5.16. The van der Waals surface area contributed by atoms with Gasteiger partial charge in [0.1, 0.15) is 6.61 Å². The van der Waals surface area contributed by atoms with Crippen LogP contribution in [-0.2, 0) is 16.1 Å². The molecule has 1 aliphatic heterocycles. The second-order valence-electron chi connectivity index (χ2n) is 4.95. The highest BCUT2D eigenvalue weighted by Gasteiger charge is 2.51. The van der Waals surface area contributed by atoms with E-state index in [1.165, 1.54) is 4.90 Å². The summed E-state index contributed by atoms with van der Waals surface area (Å²) in [7, 11) is 0. The van der Waals surface area contributed by atoms with E-state index in [0.717, 1.165) is 5.56 Å². The zero-order valence-corrected chi connectivity index (χ0v) is 11.6. The molecule has 0 bridgehead atoms. The Kier molecular flexibility index (Phi) is 4.59. The summed E-state index contributed by atoms with van der Waals surface area (Å²) in [5.41, 5.74) is -0.208. The minimum atomic E-state index is -1.10. The van der Waals surface area contributed by atoms with Crippen molar-refractivity contribution in [2.24, 2.45) is 0 Å². The lowest BCUT2D eigenvalue weighted by Crippen LogP contribution is -2.74. The molecular formula is C15H18N2O4. The second kappa shape index (κ2) is 6.41. The van der Waals surface area contributed by atoms with Crippen LogP contribution in [0.25, 0.3) is 0 Å². The number of nitrogens with zero attached hydrogens (tertiary/aromatic N) is 1. The first kappa shape index (κ1) is 15.1. The molecule has 6 heteroatoms. The Morgan fingerprint density at radius 2 is 2.05 bits per heavy atom. The van der Waals surface area contributed by atoms with Crippen LogP contribution in [0.4, 0.5) is 4.79 Å². The van der Waals surface area contributed by atoms with Gasteiger partial charge in [-0.25, -0.2) is 4.79 Å². The minimum Gasteiger partial charge on any atom is -0.480 e. The summed E-state index contributed by atoms with van der Waals surface area (Å²) in [6.07, 6.45) is 1.08. The van der Waals surface area contributed by atoms with Crippen molar-refractivity contribution in [3.05, 3.63) is 48.6 Å². The molecule has 2 N–H and O–H groups in total. The number of carbonyl (C=O) groups is 2. The Morgan fingerprint density at radius 3 is 2.62 bits per heavy atom. The molecule has 1 saturated heterocycles. The van der Waals surface area contributed by atoms with Crippen LogP contribution in [0.5, 0.6) is 0 Å². The minimum absolute atomic E-state index is 0.0871. The van der Waals surface area contributed by atoms with Crippen LogP contribution in [0.1, 0.15) is 5.56 Å². The molecule has 0 spiro atoms. The van der Waals surface area contributed by atoms with E-state index in [-0.39, 0.29) is 19.7 Å². The molecular weight excluding hydrogens is 272 g/mol. The summed E-state index contributed by atoms with van der Waals surface area (Å²) in [4.78, 5) is 24.5. The molecule has 1 fully saturated rings. The van der Waals surface area contributed by atoms with Crippen LogP contribution in [-0.4, -0.2) is 47.2 Å². The highest BCUT2D eigenvalue weighted by Crippen LogP contribution is 2.22. The number of benzene rings is 1. The maximum absolute atomic E-state index is 11.8. The van der Waals surface area contributed by atoms with E-state index in [4.69, 9.17) is 4.74 Å². The molecule has 1 aromatic carbocycles. The van der Waals surface area contributed by atoms with Crippen molar-refractivity contribution >= 4 is 12.1 Å². The number of aliphatic carboxylic acids is 1. The average molecular weight is 290 g/mol. The van der Waals surface area contributed by atoms with Crippen molar-refractivity contribution in [1.82, 2.24) is 10.2 Å². The normalized spacial score (nSPS) is 15.9. The summed E-state index contributed by atoms with van der Waals surface area (Å²) in [5, 5.41) is 12.1. The van der Waals surface area contributed by atoms with E-state index < -0.39 is 17.6 Å². The highest BCUT2D eigenvalue weighted by molar-refractivity contribution is 5.84. The first-order valence-corrected chi connectivity index (χ1v) is 6.62. The molecule has 1 aliphatic rings. The summed E-state index contributed by atoms with van der Waals surface area (Å²) in [6.45, 7) is 4.26. The maximum Gasteiger partial charge on any atom is 0.410 e. The third kappa shape index (κ3) is 3.41. The van der Waals surface area contributed by atoms with Crippen molar-refractivity contribution in [2.75, 3.05) is 19.6 Å². The number of ether oxygens (including phenoxy) is 1. The van der Waals surface area contributed by atoms with Gasteiger partial charge >= 0.3 is 12.1 Å².